The first-order chi connectivity index (χ1) is 7.87. The van der Waals surface area contributed by atoms with E-state index in [1.165, 1.54) is 12.1 Å². The van der Waals surface area contributed by atoms with Crippen LogP contribution in [0, 0.1) is 5.82 Å². The molecule has 1 heterocycles. The molecular formula is C13H15FO3. The Hall–Kier alpha value is -1.42. The van der Waals surface area contributed by atoms with Crippen molar-refractivity contribution in [2.24, 2.45) is 0 Å². The summed E-state index contributed by atoms with van der Waals surface area (Å²) in [6.45, 7) is 5.42. The molecule has 2 atom stereocenters. The highest BCUT2D eigenvalue weighted by molar-refractivity contribution is 5.78. The van der Waals surface area contributed by atoms with E-state index in [2.05, 4.69) is 0 Å². The average molecular weight is 238 g/mol. The summed E-state index contributed by atoms with van der Waals surface area (Å²) in [4.78, 5) is 11.7. The Bertz CT molecular complexity index is 419. The Morgan fingerprint density at radius 3 is 2.41 bits per heavy atom. The molecule has 0 spiro atoms. The van der Waals surface area contributed by atoms with Gasteiger partial charge in [0.2, 0.25) is 0 Å². The molecule has 1 aliphatic heterocycles. The van der Waals surface area contributed by atoms with E-state index in [4.69, 9.17) is 9.47 Å². The van der Waals surface area contributed by atoms with Gasteiger partial charge >= 0.3 is 5.97 Å². The predicted octanol–water partition coefficient (Wildman–Crippen LogP) is 2.61. The van der Waals surface area contributed by atoms with E-state index < -0.39 is 11.7 Å². The zero-order valence-corrected chi connectivity index (χ0v) is 10.1. The fourth-order valence-corrected chi connectivity index (χ4v) is 1.56. The standard InChI is InChI=1S/C13H15FO3/c1-13(2,3)17-12(15)11-10(16-11)8-4-6-9(14)7-5-8/h4-7,10-11H,1-3H3/t10-,11-/m0/s1. The topological polar surface area (TPSA) is 38.8 Å². The summed E-state index contributed by atoms with van der Waals surface area (Å²) in [5.41, 5.74) is 0.276. The molecule has 92 valence electrons. The van der Waals surface area contributed by atoms with E-state index in [0.29, 0.717) is 0 Å². The smallest absolute Gasteiger partial charge is 0.338 e. The summed E-state index contributed by atoms with van der Waals surface area (Å²) in [6, 6.07) is 5.93. The van der Waals surface area contributed by atoms with Gasteiger partial charge in [-0.1, -0.05) is 12.1 Å². The van der Waals surface area contributed by atoms with Gasteiger partial charge in [-0.05, 0) is 38.5 Å². The van der Waals surface area contributed by atoms with Crippen LogP contribution in [0.3, 0.4) is 0 Å². The third kappa shape index (κ3) is 3.03. The number of ether oxygens (including phenoxy) is 2. The summed E-state index contributed by atoms with van der Waals surface area (Å²) < 4.78 is 23.2. The highest BCUT2D eigenvalue weighted by Crippen LogP contribution is 2.39. The van der Waals surface area contributed by atoms with Crippen LogP contribution in [0.4, 0.5) is 4.39 Å². The van der Waals surface area contributed by atoms with Gasteiger partial charge < -0.3 is 9.47 Å². The van der Waals surface area contributed by atoms with Crippen molar-refractivity contribution in [3.05, 3.63) is 35.6 Å². The normalized spacial score (nSPS) is 23.3. The third-order valence-corrected chi connectivity index (χ3v) is 2.33. The summed E-state index contributed by atoms with van der Waals surface area (Å²) >= 11 is 0. The van der Waals surface area contributed by atoms with Gasteiger partial charge in [-0.3, -0.25) is 0 Å². The van der Waals surface area contributed by atoms with Gasteiger partial charge in [0.1, 0.15) is 17.5 Å². The summed E-state index contributed by atoms with van der Waals surface area (Å²) in [5.74, 6) is -0.671. The quantitative estimate of drug-likeness (QED) is 0.587. The lowest BCUT2D eigenvalue weighted by Gasteiger charge is -2.18. The molecule has 1 aliphatic rings. The number of benzene rings is 1. The van der Waals surface area contributed by atoms with Crippen molar-refractivity contribution in [2.75, 3.05) is 0 Å². The van der Waals surface area contributed by atoms with E-state index in [9.17, 15) is 9.18 Å². The molecular weight excluding hydrogens is 223 g/mol. The van der Waals surface area contributed by atoms with Crippen molar-refractivity contribution in [1.82, 2.24) is 0 Å². The molecule has 1 aromatic rings. The number of rotatable bonds is 2. The van der Waals surface area contributed by atoms with Crippen molar-refractivity contribution in [3.8, 4) is 0 Å². The molecule has 2 rings (SSSR count). The van der Waals surface area contributed by atoms with Crippen LogP contribution >= 0.6 is 0 Å². The van der Waals surface area contributed by atoms with Crippen molar-refractivity contribution in [1.29, 1.82) is 0 Å². The second-order valence-electron chi connectivity index (χ2n) is 5.06. The summed E-state index contributed by atoms with van der Waals surface area (Å²) in [7, 11) is 0. The molecule has 3 nitrogen and oxygen atoms in total. The Kier molecular flexibility index (Phi) is 2.91. The number of esters is 1. The largest absolute Gasteiger partial charge is 0.458 e. The molecule has 4 heteroatoms. The fraction of sp³-hybridized carbons (Fsp3) is 0.462. The van der Waals surface area contributed by atoms with Crippen LogP contribution in [0.25, 0.3) is 0 Å². The summed E-state index contributed by atoms with van der Waals surface area (Å²) in [5, 5.41) is 0. The van der Waals surface area contributed by atoms with Crippen LogP contribution in [0.5, 0.6) is 0 Å². The molecule has 0 saturated carbocycles. The van der Waals surface area contributed by atoms with Crippen molar-refractivity contribution >= 4 is 5.97 Å². The van der Waals surface area contributed by atoms with Gasteiger partial charge in [0.15, 0.2) is 6.10 Å². The second-order valence-corrected chi connectivity index (χ2v) is 5.06. The second kappa shape index (κ2) is 4.11. The van der Waals surface area contributed by atoms with Crippen LogP contribution in [0.1, 0.15) is 32.4 Å². The zero-order chi connectivity index (χ0) is 12.6. The maximum Gasteiger partial charge on any atom is 0.338 e. The van der Waals surface area contributed by atoms with Crippen LogP contribution in [0.2, 0.25) is 0 Å². The third-order valence-electron chi connectivity index (χ3n) is 2.33. The number of hydrogen-bond donors (Lipinski definition) is 0. The number of carbonyl (C=O) groups excluding carboxylic acids is 1. The maximum absolute atomic E-state index is 12.7. The molecule has 0 unspecified atom stereocenters. The zero-order valence-electron chi connectivity index (χ0n) is 10.1. The monoisotopic (exact) mass is 238 g/mol. The Morgan fingerprint density at radius 2 is 1.88 bits per heavy atom. The lowest BCUT2D eigenvalue weighted by Crippen LogP contribution is -2.26. The first kappa shape index (κ1) is 12.0. The van der Waals surface area contributed by atoms with Crippen molar-refractivity contribution < 1.29 is 18.7 Å². The lowest BCUT2D eigenvalue weighted by molar-refractivity contribution is -0.156. The van der Waals surface area contributed by atoms with Crippen LogP contribution < -0.4 is 0 Å². The highest BCUT2D eigenvalue weighted by Gasteiger charge is 2.48. The van der Waals surface area contributed by atoms with Gasteiger partial charge in [0, 0.05) is 0 Å². The SMILES string of the molecule is CC(C)(C)OC(=O)[C@H]1O[C@H]1c1ccc(F)cc1. The minimum Gasteiger partial charge on any atom is -0.458 e. The number of hydrogen-bond acceptors (Lipinski definition) is 3. The van der Waals surface area contributed by atoms with E-state index in [1.54, 1.807) is 32.9 Å². The Balaban J connectivity index is 1.96. The van der Waals surface area contributed by atoms with Crippen LogP contribution in [-0.4, -0.2) is 17.7 Å². The van der Waals surface area contributed by atoms with E-state index >= 15 is 0 Å². The predicted molar refractivity (Wildman–Crippen MR) is 59.9 cm³/mol. The average Bonchev–Trinajstić information content (AvgIpc) is 2.96. The molecule has 0 radical (unpaired) electrons. The van der Waals surface area contributed by atoms with Gasteiger partial charge in [-0.25, -0.2) is 9.18 Å². The molecule has 17 heavy (non-hydrogen) atoms. The van der Waals surface area contributed by atoms with E-state index in [1.807, 2.05) is 0 Å². The van der Waals surface area contributed by atoms with Crippen molar-refractivity contribution in [3.63, 3.8) is 0 Å². The minimum atomic E-state index is -0.556. The van der Waals surface area contributed by atoms with Gasteiger partial charge in [-0.15, -0.1) is 0 Å². The Labute approximate surface area is 99.5 Å². The Morgan fingerprint density at radius 1 is 1.29 bits per heavy atom. The van der Waals surface area contributed by atoms with Gasteiger partial charge in [0.05, 0.1) is 0 Å². The van der Waals surface area contributed by atoms with Crippen LogP contribution in [-0.2, 0) is 14.3 Å². The maximum atomic E-state index is 12.7. The first-order valence-corrected chi connectivity index (χ1v) is 5.50. The molecule has 0 amide bonds. The van der Waals surface area contributed by atoms with E-state index in [-0.39, 0.29) is 17.9 Å². The minimum absolute atomic E-state index is 0.301. The van der Waals surface area contributed by atoms with E-state index in [0.717, 1.165) is 5.56 Å². The molecule has 0 aromatic heterocycles. The van der Waals surface area contributed by atoms with Crippen LogP contribution in [0.15, 0.2) is 24.3 Å². The molecule has 1 fully saturated rings. The molecule has 0 aliphatic carbocycles. The van der Waals surface area contributed by atoms with Gasteiger partial charge in [0.25, 0.3) is 0 Å². The molecule has 0 N–H and O–H groups in total. The number of halogens is 1. The fourth-order valence-electron chi connectivity index (χ4n) is 1.56. The van der Waals surface area contributed by atoms with Crippen molar-refractivity contribution in [2.45, 2.75) is 38.6 Å². The lowest BCUT2D eigenvalue weighted by atomic mass is 10.1. The molecule has 1 saturated heterocycles. The van der Waals surface area contributed by atoms with Gasteiger partial charge in [-0.2, -0.15) is 0 Å². The number of carbonyl (C=O) groups is 1. The highest BCUT2D eigenvalue weighted by atomic mass is 19.1. The summed E-state index contributed by atoms with van der Waals surface area (Å²) in [6.07, 6.45) is -0.856. The number of epoxide rings is 1. The first-order valence-electron chi connectivity index (χ1n) is 5.50. The molecule has 0 bridgehead atoms. The molecule has 1 aromatic carbocycles.